The molecular weight excluding hydrogens is 319 g/mol. The molecule has 0 radical (unpaired) electrons. The number of halogens is 1. The van der Waals surface area contributed by atoms with Crippen LogP contribution in [0.25, 0.3) is 0 Å². The molecule has 1 aromatic carbocycles. The van der Waals surface area contributed by atoms with E-state index in [1.807, 2.05) is 6.92 Å². The van der Waals surface area contributed by atoms with E-state index in [2.05, 4.69) is 29.5 Å². The van der Waals surface area contributed by atoms with Crippen LogP contribution < -0.4 is 4.74 Å². The maximum Gasteiger partial charge on any atom is 0.335 e. The summed E-state index contributed by atoms with van der Waals surface area (Å²) in [7, 11) is 0. The fourth-order valence-electron chi connectivity index (χ4n) is 1.41. The number of carboxylic acid groups (broad SMARTS) is 1. The van der Waals surface area contributed by atoms with Gasteiger partial charge in [-0.1, -0.05) is 13.3 Å². The molecule has 0 heterocycles. The number of carbonyl (C=O) groups is 1. The van der Waals surface area contributed by atoms with Crippen LogP contribution in [0.4, 0.5) is 0 Å². The fraction of sp³-hybridized carbons (Fsp3) is 0.417. The van der Waals surface area contributed by atoms with E-state index in [9.17, 15) is 4.79 Å². The van der Waals surface area contributed by atoms with E-state index in [1.54, 1.807) is 18.2 Å². The van der Waals surface area contributed by atoms with Crippen molar-refractivity contribution in [2.45, 2.75) is 32.8 Å². The van der Waals surface area contributed by atoms with Crippen LogP contribution in [0.2, 0.25) is 0 Å². The largest absolute Gasteiger partial charge is 0.490 e. The normalized spacial score (nSPS) is 12.2. The van der Waals surface area contributed by atoms with E-state index in [0.29, 0.717) is 5.56 Å². The standard InChI is InChI=1S/C12H15IO3/c1-3-4-8(2)16-11-6-5-9(12(14)15)7-10(11)13/h5-8H,3-4H2,1-2H3,(H,14,15). The molecule has 1 aromatic rings. The number of aromatic carboxylic acids is 1. The van der Waals surface area contributed by atoms with Crippen LogP contribution in [0.15, 0.2) is 18.2 Å². The van der Waals surface area contributed by atoms with Crippen LogP contribution in [-0.2, 0) is 0 Å². The van der Waals surface area contributed by atoms with Crippen molar-refractivity contribution in [2.24, 2.45) is 0 Å². The van der Waals surface area contributed by atoms with Crippen LogP contribution in [-0.4, -0.2) is 17.2 Å². The molecular formula is C12H15IO3. The van der Waals surface area contributed by atoms with Crippen molar-refractivity contribution < 1.29 is 14.6 Å². The van der Waals surface area contributed by atoms with Gasteiger partial charge in [-0.2, -0.15) is 0 Å². The Hall–Kier alpha value is -0.780. The fourth-order valence-corrected chi connectivity index (χ4v) is 2.05. The first-order valence-corrected chi connectivity index (χ1v) is 6.32. The second-order valence-corrected chi connectivity index (χ2v) is 4.83. The van der Waals surface area contributed by atoms with Gasteiger partial charge in [-0.05, 0) is 54.1 Å². The monoisotopic (exact) mass is 334 g/mol. The molecule has 0 aliphatic carbocycles. The number of ether oxygens (including phenoxy) is 1. The smallest absolute Gasteiger partial charge is 0.335 e. The van der Waals surface area contributed by atoms with Crippen molar-refractivity contribution in [3.05, 3.63) is 27.3 Å². The van der Waals surface area contributed by atoms with Gasteiger partial charge < -0.3 is 9.84 Å². The predicted octanol–water partition coefficient (Wildman–Crippen LogP) is 3.56. The summed E-state index contributed by atoms with van der Waals surface area (Å²) in [4.78, 5) is 10.7. The Balaban J connectivity index is 2.79. The Labute approximate surface area is 109 Å². The highest BCUT2D eigenvalue weighted by atomic mass is 127. The molecule has 1 atom stereocenters. The summed E-state index contributed by atoms with van der Waals surface area (Å²) in [6.07, 6.45) is 2.23. The molecule has 88 valence electrons. The van der Waals surface area contributed by atoms with Crippen LogP contribution in [0.3, 0.4) is 0 Å². The lowest BCUT2D eigenvalue weighted by Gasteiger charge is -2.15. The highest BCUT2D eigenvalue weighted by molar-refractivity contribution is 14.1. The van der Waals surface area contributed by atoms with Gasteiger partial charge >= 0.3 is 5.97 Å². The summed E-state index contributed by atoms with van der Waals surface area (Å²) in [5.74, 6) is -0.155. The number of carboxylic acids is 1. The summed E-state index contributed by atoms with van der Waals surface area (Å²) < 4.78 is 6.55. The molecule has 0 saturated carbocycles. The average molecular weight is 334 g/mol. The molecule has 0 aliphatic rings. The van der Waals surface area contributed by atoms with E-state index in [-0.39, 0.29) is 6.10 Å². The minimum Gasteiger partial charge on any atom is -0.490 e. The lowest BCUT2D eigenvalue weighted by molar-refractivity contribution is 0.0696. The minimum absolute atomic E-state index is 0.161. The van der Waals surface area contributed by atoms with E-state index < -0.39 is 5.97 Å². The first-order chi connectivity index (χ1) is 7.54. The molecule has 0 bridgehead atoms. The van der Waals surface area contributed by atoms with Crippen molar-refractivity contribution in [2.75, 3.05) is 0 Å². The lowest BCUT2D eigenvalue weighted by Crippen LogP contribution is -2.12. The van der Waals surface area contributed by atoms with Gasteiger partial charge in [0.15, 0.2) is 0 Å². The maximum absolute atomic E-state index is 10.7. The third kappa shape index (κ3) is 3.66. The molecule has 3 nitrogen and oxygen atoms in total. The lowest BCUT2D eigenvalue weighted by atomic mass is 10.2. The molecule has 4 heteroatoms. The molecule has 1 rings (SSSR count). The van der Waals surface area contributed by atoms with Crippen molar-refractivity contribution in [3.63, 3.8) is 0 Å². The van der Waals surface area contributed by atoms with Gasteiger partial charge in [-0.25, -0.2) is 4.79 Å². The summed E-state index contributed by atoms with van der Waals surface area (Å²) >= 11 is 2.09. The summed E-state index contributed by atoms with van der Waals surface area (Å²) in [5, 5.41) is 8.82. The number of hydrogen-bond acceptors (Lipinski definition) is 2. The van der Waals surface area contributed by atoms with Crippen LogP contribution >= 0.6 is 22.6 Å². The summed E-state index contributed by atoms with van der Waals surface area (Å²) in [6, 6.07) is 4.91. The van der Waals surface area contributed by atoms with Crippen molar-refractivity contribution in [1.29, 1.82) is 0 Å². The van der Waals surface area contributed by atoms with Crippen LogP contribution in [0.1, 0.15) is 37.0 Å². The quantitative estimate of drug-likeness (QED) is 0.838. The number of rotatable bonds is 5. The van der Waals surface area contributed by atoms with Gasteiger partial charge in [-0.3, -0.25) is 0 Å². The van der Waals surface area contributed by atoms with Gasteiger partial charge in [0, 0.05) is 0 Å². The van der Waals surface area contributed by atoms with Gasteiger partial charge in [0.25, 0.3) is 0 Å². The molecule has 0 fully saturated rings. The Morgan fingerprint density at radius 3 is 2.75 bits per heavy atom. The van der Waals surface area contributed by atoms with Crippen molar-refractivity contribution >= 4 is 28.6 Å². The van der Waals surface area contributed by atoms with E-state index >= 15 is 0 Å². The van der Waals surface area contributed by atoms with Gasteiger partial charge in [-0.15, -0.1) is 0 Å². The van der Waals surface area contributed by atoms with E-state index in [1.165, 1.54) is 0 Å². The predicted molar refractivity (Wildman–Crippen MR) is 71.1 cm³/mol. The molecule has 1 N–H and O–H groups in total. The first-order valence-electron chi connectivity index (χ1n) is 5.24. The number of benzene rings is 1. The second-order valence-electron chi connectivity index (χ2n) is 3.67. The molecule has 0 amide bonds. The van der Waals surface area contributed by atoms with Crippen molar-refractivity contribution in [1.82, 2.24) is 0 Å². The zero-order valence-corrected chi connectivity index (χ0v) is 11.5. The minimum atomic E-state index is -0.911. The topological polar surface area (TPSA) is 46.5 Å². The Bertz CT molecular complexity index is 377. The van der Waals surface area contributed by atoms with Gasteiger partial charge in [0.2, 0.25) is 0 Å². The van der Waals surface area contributed by atoms with Crippen LogP contribution in [0.5, 0.6) is 5.75 Å². The molecule has 0 aromatic heterocycles. The Morgan fingerprint density at radius 1 is 1.56 bits per heavy atom. The van der Waals surface area contributed by atoms with E-state index in [0.717, 1.165) is 22.2 Å². The molecule has 0 spiro atoms. The highest BCUT2D eigenvalue weighted by Crippen LogP contribution is 2.24. The average Bonchev–Trinajstić information content (AvgIpc) is 2.21. The van der Waals surface area contributed by atoms with Gasteiger partial charge in [0.05, 0.1) is 15.2 Å². The maximum atomic E-state index is 10.7. The molecule has 16 heavy (non-hydrogen) atoms. The third-order valence-electron chi connectivity index (χ3n) is 2.20. The first kappa shape index (κ1) is 13.3. The Morgan fingerprint density at radius 2 is 2.25 bits per heavy atom. The second kappa shape index (κ2) is 6.08. The zero-order valence-electron chi connectivity index (χ0n) is 9.37. The SMILES string of the molecule is CCCC(C)Oc1ccc(C(=O)O)cc1I. The van der Waals surface area contributed by atoms with Crippen LogP contribution in [0, 0.1) is 3.57 Å². The molecule has 1 unspecified atom stereocenters. The van der Waals surface area contributed by atoms with Crippen molar-refractivity contribution in [3.8, 4) is 5.75 Å². The third-order valence-corrected chi connectivity index (χ3v) is 3.05. The Kier molecular flexibility index (Phi) is 5.05. The molecule has 0 saturated heterocycles. The van der Waals surface area contributed by atoms with E-state index in [4.69, 9.17) is 9.84 Å². The summed E-state index contributed by atoms with van der Waals surface area (Å²) in [5.41, 5.74) is 0.292. The highest BCUT2D eigenvalue weighted by Gasteiger charge is 2.09. The zero-order chi connectivity index (χ0) is 12.1. The molecule has 0 aliphatic heterocycles. The summed E-state index contributed by atoms with van der Waals surface area (Å²) in [6.45, 7) is 4.13. The van der Waals surface area contributed by atoms with Gasteiger partial charge in [0.1, 0.15) is 5.75 Å². The number of hydrogen-bond donors (Lipinski definition) is 1.